The molecule has 0 saturated heterocycles. The van der Waals surface area contributed by atoms with E-state index in [0.29, 0.717) is 0 Å². The van der Waals surface area contributed by atoms with Crippen molar-refractivity contribution in [2.24, 2.45) is 0 Å². The topological polar surface area (TPSA) is 165 Å². The molecule has 10 nitrogen and oxygen atoms in total. The van der Waals surface area contributed by atoms with Crippen molar-refractivity contribution in [1.82, 2.24) is 0 Å². The summed E-state index contributed by atoms with van der Waals surface area (Å²) in [6.45, 7) is 0. The zero-order valence-electron chi connectivity index (χ0n) is 4.91. The molecule has 72 valence electrons. The fourth-order valence-corrected chi connectivity index (χ4v) is 1.18. The molecule has 0 aliphatic heterocycles. The zero-order chi connectivity index (χ0) is 9.99. The molecule has 0 N–H and O–H groups in total. The van der Waals surface area contributed by atoms with Gasteiger partial charge >= 0.3 is 15.5 Å². The predicted octanol–water partition coefficient (Wildman–Crippen LogP) is -4.65. The van der Waals surface area contributed by atoms with E-state index in [2.05, 4.69) is 8.02 Å². The van der Waals surface area contributed by atoms with Gasteiger partial charge in [-0.25, -0.2) is 0 Å². The molecule has 0 spiro atoms. The van der Waals surface area contributed by atoms with Gasteiger partial charge in [0.05, 0.1) is 0 Å². The molecule has 0 heterocycles. The molecule has 0 aromatic carbocycles. The first kappa shape index (κ1) is 11.3. The summed E-state index contributed by atoms with van der Waals surface area (Å²) in [5.41, 5.74) is 0. The SMILES string of the molecule is O=[N+]([O-])OS(=O)(=O)O[Cl+3]([O-])([O-])[O-]. The second-order valence-electron chi connectivity index (χ2n) is 1.15. The standard InChI is InChI=1S/ClNO9S/c3-1(4,5)10-12(8,9)11-2(6)7. The van der Waals surface area contributed by atoms with Crippen LogP contribution in [-0.2, 0) is 18.4 Å². The van der Waals surface area contributed by atoms with Gasteiger partial charge in [-0.05, 0) is 0 Å². The Labute approximate surface area is 67.1 Å². The largest absolute Gasteiger partial charge is 0.574 e. The number of hydrogen-bond donors (Lipinski definition) is 0. The lowest BCUT2D eigenvalue weighted by molar-refractivity contribution is -1.91. The van der Waals surface area contributed by atoms with E-state index < -0.39 is 25.7 Å². The van der Waals surface area contributed by atoms with Crippen LogP contribution >= 0.6 is 0 Å². The summed E-state index contributed by atoms with van der Waals surface area (Å²) in [6, 6.07) is 0. The van der Waals surface area contributed by atoms with Crippen LogP contribution < -0.4 is 14.0 Å². The van der Waals surface area contributed by atoms with E-state index in [1.807, 2.05) is 0 Å². The van der Waals surface area contributed by atoms with Gasteiger partial charge in [0.15, 0.2) is 0 Å². The van der Waals surface area contributed by atoms with Crippen LogP contribution in [0, 0.1) is 20.4 Å². The Morgan fingerprint density at radius 1 is 1.25 bits per heavy atom. The molecular formula is ClNO9S. The highest BCUT2D eigenvalue weighted by atomic mass is 35.7. The Kier molecular flexibility index (Phi) is 3.14. The molecular weight excluding hydrogens is 226 g/mol. The second kappa shape index (κ2) is 3.34. The molecule has 0 rings (SSSR count). The molecule has 0 atom stereocenters. The van der Waals surface area contributed by atoms with Crippen LogP contribution in [0.2, 0.25) is 0 Å². The maximum absolute atomic E-state index is 9.98. The van der Waals surface area contributed by atoms with Gasteiger partial charge in [0, 0.05) is 0 Å². The van der Waals surface area contributed by atoms with Crippen molar-refractivity contribution in [3.63, 3.8) is 0 Å². The number of nitrogens with zero attached hydrogens (tertiary/aromatic N) is 1. The van der Waals surface area contributed by atoms with E-state index in [1.54, 1.807) is 0 Å². The molecule has 0 unspecified atom stereocenters. The van der Waals surface area contributed by atoms with Crippen LogP contribution in [0.5, 0.6) is 0 Å². The summed E-state index contributed by atoms with van der Waals surface area (Å²) >= 11 is 0. The third-order valence-electron chi connectivity index (χ3n) is 0.306. The number of halogens is 1. The van der Waals surface area contributed by atoms with Crippen LogP contribution in [0.1, 0.15) is 0 Å². The monoisotopic (exact) mass is 225 g/mol. The quantitative estimate of drug-likeness (QED) is 0.337. The highest BCUT2D eigenvalue weighted by Crippen LogP contribution is 2.01. The van der Waals surface area contributed by atoms with Crippen molar-refractivity contribution in [2.45, 2.75) is 0 Å². The van der Waals surface area contributed by atoms with Crippen molar-refractivity contribution in [3.8, 4) is 0 Å². The first-order valence-electron chi connectivity index (χ1n) is 1.83. The molecule has 12 heteroatoms. The maximum Gasteiger partial charge on any atom is 0.574 e. The lowest BCUT2D eigenvalue weighted by Gasteiger charge is -2.09. The fourth-order valence-electron chi connectivity index (χ4n) is 0.181. The van der Waals surface area contributed by atoms with Crippen molar-refractivity contribution in [1.29, 1.82) is 0 Å². The molecule has 0 fully saturated rings. The summed E-state index contributed by atoms with van der Waals surface area (Å²) in [5, 5.41) is 7.47. The van der Waals surface area contributed by atoms with Gasteiger partial charge < -0.3 is 0 Å². The fraction of sp³-hybridized carbons (Fsp3) is 0. The first-order valence-corrected chi connectivity index (χ1v) is 4.40. The minimum absolute atomic E-state index is 1.85. The minimum Gasteiger partial charge on any atom is -0.181 e. The van der Waals surface area contributed by atoms with Crippen LogP contribution in [-0.4, -0.2) is 13.5 Å². The minimum atomic E-state index is -5.45. The average molecular weight is 226 g/mol. The molecule has 0 radical (unpaired) electrons. The lowest BCUT2D eigenvalue weighted by Crippen LogP contribution is -2.61. The summed E-state index contributed by atoms with van der Waals surface area (Å²) in [6.07, 6.45) is 0. The van der Waals surface area contributed by atoms with Gasteiger partial charge in [-0.2, -0.15) is 22.4 Å². The Bertz CT molecular complexity index is 257. The second-order valence-corrected chi connectivity index (χ2v) is 3.37. The Balaban J connectivity index is 4.36. The predicted molar refractivity (Wildman–Crippen MR) is 18.1 cm³/mol. The summed E-state index contributed by atoms with van der Waals surface area (Å²) in [4.78, 5) is 9.32. The lowest BCUT2D eigenvalue weighted by atomic mass is 13.1. The molecule has 0 bridgehead atoms. The van der Waals surface area contributed by atoms with E-state index in [-0.39, 0.29) is 0 Å². The van der Waals surface area contributed by atoms with Crippen LogP contribution in [0.3, 0.4) is 0 Å². The van der Waals surface area contributed by atoms with Gasteiger partial charge in [-0.1, -0.05) is 0 Å². The van der Waals surface area contributed by atoms with E-state index in [4.69, 9.17) is 0 Å². The maximum atomic E-state index is 9.98. The first-order chi connectivity index (χ1) is 5.12. The highest BCUT2D eigenvalue weighted by molar-refractivity contribution is 7.81. The van der Waals surface area contributed by atoms with Crippen LogP contribution in [0.4, 0.5) is 0 Å². The zero-order valence-corrected chi connectivity index (χ0v) is 6.48. The van der Waals surface area contributed by atoms with Crippen molar-refractivity contribution in [3.05, 3.63) is 10.1 Å². The van der Waals surface area contributed by atoms with E-state index in [1.165, 1.54) is 0 Å². The molecule has 0 aromatic heterocycles. The molecule has 0 amide bonds. The van der Waals surface area contributed by atoms with Crippen molar-refractivity contribution >= 4 is 10.4 Å². The molecule has 0 saturated carbocycles. The molecule has 12 heavy (non-hydrogen) atoms. The van der Waals surface area contributed by atoms with Gasteiger partial charge in [0.25, 0.3) is 0 Å². The number of rotatable bonds is 4. The third-order valence-corrected chi connectivity index (χ3v) is 1.85. The van der Waals surface area contributed by atoms with Crippen molar-refractivity contribution in [2.75, 3.05) is 0 Å². The molecule has 0 aliphatic rings. The summed E-state index contributed by atoms with van der Waals surface area (Å²) in [7, 11) is -10.8. The Morgan fingerprint density at radius 3 is 1.92 bits per heavy atom. The average Bonchev–Trinajstić information content (AvgIpc) is 1.48. The van der Waals surface area contributed by atoms with E-state index in [9.17, 15) is 32.5 Å². The Morgan fingerprint density at radius 2 is 1.67 bits per heavy atom. The van der Waals surface area contributed by atoms with E-state index in [0.717, 1.165) is 0 Å². The van der Waals surface area contributed by atoms with Crippen molar-refractivity contribution < 1.29 is 45.7 Å². The summed E-state index contributed by atoms with van der Waals surface area (Å²) in [5.74, 6) is 0. The summed E-state index contributed by atoms with van der Waals surface area (Å²) < 4.78 is 53.9. The van der Waals surface area contributed by atoms with Gasteiger partial charge in [-0.15, -0.1) is 14.4 Å². The molecule has 0 aliphatic carbocycles. The van der Waals surface area contributed by atoms with E-state index >= 15 is 0 Å². The van der Waals surface area contributed by atoms with Crippen LogP contribution in [0.15, 0.2) is 0 Å². The smallest absolute Gasteiger partial charge is 0.181 e. The van der Waals surface area contributed by atoms with Gasteiger partial charge in [-0.3, -0.25) is 0 Å². The Hall–Kier alpha value is -0.720. The normalized spacial score (nSPS) is 12.6. The van der Waals surface area contributed by atoms with Crippen LogP contribution in [0.25, 0.3) is 0 Å². The highest BCUT2D eigenvalue weighted by Gasteiger charge is 2.36. The number of hydrogen-bond acceptors (Lipinski definition) is 9. The van der Waals surface area contributed by atoms with Gasteiger partial charge in [0.1, 0.15) is 10.2 Å². The third kappa shape index (κ3) is 6.02. The molecule has 0 aromatic rings. The van der Waals surface area contributed by atoms with Gasteiger partial charge in [0.2, 0.25) is 3.74 Å².